The molecule has 2 heterocycles. The number of nitrogens with zero attached hydrogens (tertiary/aromatic N) is 2. The highest BCUT2D eigenvalue weighted by Crippen LogP contribution is 2.27. The molecule has 0 bridgehead atoms. The number of carbonyl (C=O) groups excluding carboxylic acids is 1. The molecule has 2 saturated heterocycles. The van der Waals surface area contributed by atoms with Crippen molar-refractivity contribution in [1.82, 2.24) is 10.2 Å². The van der Waals surface area contributed by atoms with E-state index in [2.05, 4.69) is 35.4 Å². The molecule has 0 spiro atoms. The summed E-state index contributed by atoms with van der Waals surface area (Å²) >= 11 is 5.45. The number of anilines is 2. The molecule has 0 aliphatic carbocycles. The molecule has 3 rings (SSSR count). The zero-order valence-electron chi connectivity index (χ0n) is 17.5. The van der Waals surface area contributed by atoms with E-state index in [-0.39, 0.29) is 5.91 Å². The van der Waals surface area contributed by atoms with E-state index in [4.69, 9.17) is 12.2 Å². The van der Waals surface area contributed by atoms with Crippen molar-refractivity contribution in [1.29, 1.82) is 0 Å². The SMILES string of the molecule is Cc1cc(NC(=S)NCCCN2C[C@H](C)C[C@@H](C)C2)ccc1N1CCCC1=O. The van der Waals surface area contributed by atoms with Gasteiger partial charge < -0.3 is 20.4 Å². The fourth-order valence-corrected chi connectivity index (χ4v) is 4.81. The van der Waals surface area contributed by atoms with Gasteiger partial charge in [0.05, 0.1) is 0 Å². The van der Waals surface area contributed by atoms with E-state index >= 15 is 0 Å². The molecule has 1 aromatic carbocycles. The van der Waals surface area contributed by atoms with Crippen molar-refractivity contribution in [3.05, 3.63) is 23.8 Å². The van der Waals surface area contributed by atoms with Crippen LogP contribution >= 0.6 is 12.2 Å². The van der Waals surface area contributed by atoms with Crippen LogP contribution in [0.25, 0.3) is 0 Å². The molecule has 28 heavy (non-hydrogen) atoms. The normalized spacial score (nSPS) is 23.1. The first kappa shape index (κ1) is 21.1. The van der Waals surface area contributed by atoms with Gasteiger partial charge in [0.2, 0.25) is 5.91 Å². The topological polar surface area (TPSA) is 47.6 Å². The second-order valence-electron chi connectivity index (χ2n) is 8.59. The average Bonchev–Trinajstić information content (AvgIpc) is 3.04. The molecule has 2 aliphatic heterocycles. The Morgan fingerprint density at radius 3 is 2.64 bits per heavy atom. The Labute approximate surface area is 174 Å². The third-order valence-electron chi connectivity index (χ3n) is 5.70. The van der Waals surface area contributed by atoms with E-state index in [1.54, 1.807) is 0 Å². The van der Waals surface area contributed by atoms with Gasteiger partial charge in [-0.2, -0.15) is 0 Å². The van der Waals surface area contributed by atoms with Crippen LogP contribution in [0.1, 0.15) is 45.1 Å². The molecule has 2 N–H and O–H groups in total. The van der Waals surface area contributed by atoms with Gasteiger partial charge in [-0.1, -0.05) is 13.8 Å². The van der Waals surface area contributed by atoms with Gasteiger partial charge in [-0.25, -0.2) is 0 Å². The number of nitrogens with one attached hydrogen (secondary N) is 2. The minimum Gasteiger partial charge on any atom is -0.362 e. The summed E-state index contributed by atoms with van der Waals surface area (Å²) in [7, 11) is 0. The van der Waals surface area contributed by atoms with Crippen LogP contribution in [-0.2, 0) is 4.79 Å². The summed E-state index contributed by atoms with van der Waals surface area (Å²) in [6.07, 6.45) is 4.05. The summed E-state index contributed by atoms with van der Waals surface area (Å²) in [4.78, 5) is 16.4. The second-order valence-corrected chi connectivity index (χ2v) is 9.00. The first-order valence-electron chi connectivity index (χ1n) is 10.6. The van der Waals surface area contributed by atoms with Crippen molar-refractivity contribution in [2.24, 2.45) is 11.8 Å². The van der Waals surface area contributed by atoms with Crippen LogP contribution in [0.2, 0.25) is 0 Å². The Morgan fingerprint density at radius 2 is 2.00 bits per heavy atom. The molecule has 1 aromatic rings. The maximum atomic E-state index is 12.0. The van der Waals surface area contributed by atoms with Gasteiger partial charge in [-0.3, -0.25) is 4.79 Å². The van der Waals surface area contributed by atoms with E-state index in [1.165, 1.54) is 19.5 Å². The monoisotopic (exact) mass is 402 g/mol. The lowest BCUT2D eigenvalue weighted by Crippen LogP contribution is -2.40. The summed E-state index contributed by atoms with van der Waals surface area (Å²) in [5.41, 5.74) is 3.07. The standard InChI is InChI=1S/C22H34N4OS/c1-16-12-17(2)15-25(14-16)10-5-9-23-22(28)24-19-7-8-20(18(3)13-19)26-11-4-6-21(26)27/h7-8,13,16-17H,4-6,9-12,14-15H2,1-3H3,(H2,23,24,28)/t16-,17-/m1/s1. The molecule has 6 heteroatoms. The molecule has 5 nitrogen and oxygen atoms in total. The van der Waals surface area contributed by atoms with Gasteiger partial charge >= 0.3 is 0 Å². The Balaban J connectivity index is 1.41. The molecule has 0 saturated carbocycles. The maximum Gasteiger partial charge on any atom is 0.227 e. The van der Waals surface area contributed by atoms with Gasteiger partial charge in [-0.05, 0) is 80.5 Å². The molecule has 154 valence electrons. The van der Waals surface area contributed by atoms with Crippen molar-refractivity contribution in [3.63, 3.8) is 0 Å². The average molecular weight is 403 g/mol. The molecule has 0 radical (unpaired) electrons. The Morgan fingerprint density at radius 1 is 1.25 bits per heavy atom. The third-order valence-corrected chi connectivity index (χ3v) is 5.95. The number of hydrogen-bond donors (Lipinski definition) is 2. The van der Waals surface area contributed by atoms with E-state index in [0.717, 1.165) is 61.2 Å². The van der Waals surface area contributed by atoms with Crippen molar-refractivity contribution < 1.29 is 4.79 Å². The first-order valence-corrected chi connectivity index (χ1v) is 11.0. The van der Waals surface area contributed by atoms with Gasteiger partial charge in [0.1, 0.15) is 0 Å². The summed E-state index contributed by atoms with van der Waals surface area (Å²) < 4.78 is 0. The van der Waals surface area contributed by atoms with Crippen LogP contribution in [0.5, 0.6) is 0 Å². The zero-order chi connectivity index (χ0) is 20.1. The molecule has 0 unspecified atom stereocenters. The maximum absolute atomic E-state index is 12.0. The Kier molecular flexibility index (Phi) is 7.30. The highest BCUT2D eigenvalue weighted by atomic mass is 32.1. The predicted octanol–water partition coefficient (Wildman–Crippen LogP) is 3.78. The van der Waals surface area contributed by atoms with Crippen LogP contribution < -0.4 is 15.5 Å². The number of amides is 1. The van der Waals surface area contributed by atoms with Crippen LogP contribution in [0.4, 0.5) is 11.4 Å². The lowest BCUT2D eigenvalue weighted by molar-refractivity contribution is -0.117. The number of benzene rings is 1. The number of hydrogen-bond acceptors (Lipinski definition) is 3. The summed E-state index contributed by atoms with van der Waals surface area (Å²) in [6.45, 7) is 12.0. The summed E-state index contributed by atoms with van der Waals surface area (Å²) in [5.74, 6) is 1.83. The Hall–Kier alpha value is -1.66. The lowest BCUT2D eigenvalue weighted by Gasteiger charge is -2.35. The molecule has 0 aromatic heterocycles. The van der Waals surface area contributed by atoms with Crippen LogP contribution in [0, 0.1) is 18.8 Å². The number of rotatable bonds is 6. The number of aryl methyl sites for hydroxylation is 1. The van der Waals surface area contributed by atoms with E-state index < -0.39 is 0 Å². The number of carbonyl (C=O) groups is 1. The van der Waals surface area contributed by atoms with Crippen molar-refractivity contribution in [2.75, 3.05) is 42.9 Å². The highest BCUT2D eigenvalue weighted by molar-refractivity contribution is 7.80. The largest absolute Gasteiger partial charge is 0.362 e. The van der Waals surface area contributed by atoms with Gasteiger partial charge in [-0.15, -0.1) is 0 Å². The first-order chi connectivity index (χ1) is 13.4. The minimum absolute atomic E-state index is 0.221. The summed E-state index contributed by atoms with van der Waals surface area (Å²) in [5, 5.41) is 7.24. The van der Waals surface area contributed by atoms with Crippen molar-refractivity contribution in [2.45, 2.75) is 46.5 Å². The second kappa shape index (κ2) is 9.70. The van der Waals surface area contributed by atoms with E-state index in [1.807, 2.05) is 24.0 Å². The molecule has 2 fully saturated rings. The zero-order valence-corrected chi connectivity index (χ0v) is 18.3. The van der Waals surface area contributed by atoms with Crippen LogP contribution in [0.3, 0.4) is 0 Å². The molecule has 1 amide bonds. The van der Waals surface area contributed by atoms with E-state index in [9.17, 15) is 4.79 Å². The lowest BCUT2D eigenvalue weighted by atomic mass is 9.92. The molecular weight excluding hydrogens is 368 g/mol. The summed E-state index contributed by atoms with van der Waals surface area (Å²) in [6, 6.07) is 6.08. The van der Waals surface area contributed by atoms with Gasteiger partial charge in [0.15, 0.2) is 5.11 Å². The number of thiocarbonyl (C=S) groups is 1. The molecular formula is C22H34N4OS. The van der Waals surface area contributed by atoms with Crippen molar-refractivity contribution >= 4 is 34.6 Å². The third kappa shape index (κ3) is 5.67. The van der Waals surface area contributed by atoms with Gasteiger partial charge in [0.25, 0.3) is 0 Å². The predicted molar refractivity (Wildman–Crippen MR) is 121 cm³/mol. The van der Waals surface area contributed by atoms with Crippen molar-refractivity contribution in [3.8, 4) is 0 Å². The molecule has 2 atom stereocenters. The van der Waals surface area contributed by atoms with E-state index in [0.29, 0.717) is 11.5 Å². The quantitative estimate of drug-likeness (QED) is 0.560. The van der Waals surface area contributed by atoms with Crippen LogP contribution in [0.15, 0.2) is 18.2 Å². The molecule has 2 aliphatic rings. The number of piperidine rings is 1. The van der Waals surface area contributed by atoms with Gasteiger partial charge in [0, 0.05) is 44.0 Å². The Bertz CT molecular complexity index is 698. The fourth-order valence-electron chi connectivity index (χ4n) is 4.59. The smallest absolute Gasteiger partial charge is 0.227 e. The number of likely N-dealkylation sites (tertiary alicyclic amines) is 1. The highest BCUT2D eigenvalue weighted by Gasteiger charge is 2.23. The van der Waals surface area contributed by atoms with Crippen LogP contribution in [-0.4, -0.2) is 48.6 Å². The fraction of sp³-hybridized carbons (Fsp3) is 0.636. The minimum atomic E-state index is 0.221.